The number of hydrogen-bond acceptors (Lipinski definition) is 3. The van der Waals surface area contributed by atoms with Crippen molar-refractivity contribution in [1.29, 1.82) is 0 Å². The fourth-order valence-electron chi connectivity index (χ4n) is 2.48. The van der Waals surface area contributed by atoms with Crippen molar-refractivity contribution in [3.05, 3.63) is 23.7 Å². The first kappa shape index (κ1) is 15.1. The van der Waals surface area contributed by atoms with Crippen molar-refractivity contribution in [3.8, 4) is 0 Å². The SMILES string of the molecule is Cc1ccoc1C(=O)N1CCCCC1C(C)N.Cl. The number of likely N-dealkylation sites (tertiary alicyclic amines) is 1. The predicted molar refractivity (Wildman–Crippen MR) is 73.0 cm³/mol. The summed E-state index contributed by atoms with van der Waals surface area (Å²) in [6, 6.07) is 1.97. The zero-order valence-electron chi connectivity index (χ0n) is 10.9. The standard InChI is InChI=1S/C13H20N2O2.ClH/c1-9-6-8-17-12(9)13(16)15-7-4-3-5-11(15)10(2)14;/h6,8,10-11H,3-5,7,14H2,1-2H3;1H. The van der Waals surface area contributed by atoms with Crippen LogP contribution in [0.3, 0.4) is 0 Å². The minimum absolute atomic E-state index is 0. The number of amides is 1. The van der Waals surface area contributed by atoms with Crippen molar-refractivity contribution in [2.24, 2.45) is 5.73 Å². The second kappa shape index (κ2) is 6.25. The van der Waals surface area contributed by atoms with Crippen molar-refractivity contribution in [2.75, 3.05) is 6.54 Å². The van der Waals surface area contributed by atoms with E-state index in [4.69, 9.17) is 10.2 Å². The summed E-state index contributed by atoms with van der Waals surface area (Å²) in [4.78, 5) is 14.2. The van der Waals surface area contributed by atoms with Crippen molar-refractivity contribution in [2.45, 2.75) is 45.2 Å². The fraction of sp³-hybridized carbons (Fsp3) is 0.615. The number of halogens is 1. The molecule has 1 aromatic heterocycles. The van der Waals surface area contributed by atoms with Gasteiger partial charge in [0.25, 0.3) is 5.91 Å². The normalized spacial score (nSPS) is 21.3. The Labute approximate surface area is 114 Å². The van der Waals surface area contributed by atoms with Crippen LogP contribution in [0.25, 0.3) is 0 Å². The third-order valence-electron chi connectivity index (χ3n) is 3.47. The lowest BCUT2D eigenvalue weighted by molar-refractivity contribution is 0.0550. The fourth-order valence-corrected chi connectivity index (χ4v) is 2.48. The lowest BCUT2D eigenvalue weighted by Crippen LogP contribution is -2.51. The van der Waals surface area contributed by atoms with E-state index in [2.05, 4.69) is 0 Å². The maximum Gasteiger partial charge on any atom is 0.290 e. The number of furan rings is 1. The maximum atomic E-state index is 12.4. The van der Waals surface area contributed by atoms with Gasteiger partial charge in [-0.05, 0) is 39.2 Å². The highest BCUT2D eigenvalue weighted by Crippen LogP contribution is 2.22. The van der Waals surface area contributed by atoms with Crippen molar-refractivity contribution < 1.29 is 9.21 Å². The Hall–Kier alpha value is -1.00. The summed E-state index contributed by atoms with van der Waals surface area (Å²) in [5, 5.41) is 0. The molecule has 2 rings (SSSR count). The third kappa shape index (κ3) is 2.87. The first-order valence-electron chi connectivity index (χ1n) is 6.22. The summed E-state index contributed by atoms with van der Waals surface area (Å²) in [7, 11) is 0. The summed E-state index contributed by atoms with van der Waals surface area (Å²) >= 11 is 0. The van der Waals surface area contributed by atoms with Gasteiger partial charge >= 0.3 is 0 Å². The molecule has 1 amide bonds. The molecule has 2 atom stereocenters. The molecule has 18 heavy (non-hydrogen) atoms. The zero-order valence-corrected chi connectivity index (χ0v) is 11.7. The van der Waals surface area contributed by atoms with Crippen LogP contribution < -0.4 is 5.73 Å². The van der Waals surface area contributed by atoms with Gasteiger partial charge in [0.15, 0.2) is 5.76 Å². The molecule has 102 valence electrons. The lowest BCUT2D eigenvalue weighted by Gasteiger charge is -2.37. The molecule has 2 unspecified atom stereocenters. The Balaban J connectivity index is 0.00000162. The van der Waals surface area contributed by atoms with E-state index in [1.165, 1.54) is 0 Å². The summed E-state index contributed by atoms with van der Waals surface area (Å²) in [5.74, 6) is 0.437. The third-order valence-corrected chi connectivity index (χ3v) is 3.47. The zero-order chi connectivity index (χ0) is 12.4. The van der Waals surface area contributed by atoms with Crippen LogP contribution in [-0.4, -0.2) is 29.4 Å². The van der Waals surface area contributed by atoms with E-state index in [9.17, 15) is 4.79 Å². The van der Waals surface area contributed by atoms with E-state index >= 15 is 0 Å². The maximum absolute atomic E-state index is 12.4. The van der Waals surface area contributed by atoms with Gasteiger partial charge in [0.1, 0.15) is 0 Å². The number of rotatable bonds is 2. The molecule has 1 aliphatic heterocycles. The van der Waals surface area contributed by atoms with E-state index in [0.717, 1.165) is 31.4 Å². The van der Waals surface area contributed by atoms with Gasteiger partial charge in [-0.25, -0.2) is 0 Å². The topological polar surface area (TPSA) is 59.5 Å². The number of aryl methyl sites for hydroxylation is 1. The van der Waals surface area contributed by atoms with E-state index in [1.807, 2.05) is 24.8 Å². The lowest BCUT2D eigenvalue weighted by atomic mass is 9.96. The number of piperidine rings is 1. The summed E-state index contributed by atoms with van der Waals surface area (Å²) < 4.78 is 5.28. The summed E-state index contributed by atoms with van der Waals surface area (Å²) in [6.07, 6.45) is 4.75. The van der Waals surface area contributed by atoms with E-state index < -0.39 is 0 Å². The Kier molecular flexibility index (Phi) is 5.23. The first-order chi connectivity index (χ1) is 8.11. The minimum Gasteiger partial charge on any atom is -0.459 e. The Morgan fingerprint density at radius 1 is 1.56 bits per heavy atom. The molecule has 1 aliphatic rings. The number of carbonyl (C=O) groups is 1. The van der Waals surface area contributed by atoms with Crippen LogP contribution in [0.2, 0.25) is 0 Å². The minimum atomic E-state index is -0.0190. The molecule has 1 aromatic rings. The van der Waals surface area contributed by atoms with Gasteiger partial charge < -0.3 is 15.1 Å². The molecule has 0 radical (unpaired) electrons. The van der Waals surface area contributed by atoms with Crippen LogP contribution in [0.15, 0.2) is 16.7 Å². The van der Waals surface area contributed by atoms with E-state index in [1.54, 1.807) is 6.26 Å². The molecule has 0 aromatic carbocycles. The average molecular weight is 273 g/mol. The molecule has 5 heteroatoms. The van der Waals surface area contributed by atoms with Crippen LogP contribution in [-0.2, 0) is 0 Å². The van der Waals surface area contributed by atoms with Crippen LogP contribution in [0, 0.1) is 6.92 Å². The molecule has 0 bridgehead atoms. The number of hydrogen-bond donors (Lipinski definition) is 1. The molecule has 4 nitrogen and oxygen atoms in total. The van der Waals surface area contributed by atoms with E-state index in [-0.39, 0.29) is 30.4 Å². The smallest absolute Gasteiger partial charge is 0.290 e. The Bertz CT molecular complexity index is 403. The van der Waals surface area contributed by atoms with Crippen LogP contribution in [0.4, 0.5) is 0 Å². The Morgan fingerprint density at radius 2 is 2.28 bits per heavy atom. The highest BCUT2D eigenvalue weighted by Gasteiger charge is 2.31. The quantitative estimate of drug-likeness (QED) is 0.899. The van der Waals surface area contributed by atoms with Crippen molar-refractivity contribution >= 4 is 18.3 Å². The molecule has 0 aliphatic carbocycles. The molecular formula is C13H21ClN2O2. The highest BCUT2D eigenvalue weighted by atomic mass is 35.5. The molecule has 2 heterocycles. The van der Waals surface area contributed by atoms with Gasteiger partial charge in [-0.1, -0.05) is 0 Å². The largest absolute Gasteiger partial charge is 0.459 e. The molecule has 2 N–H and O–H groups in total. The van der Waals surface area contributed by atoms with Gasteiger partial charge in [-0.2, -0.15) is 0 Å². The molecule has 1 fully saturated rings. The second-order valence-electron chi connectivity index (χ2n) is 4.85. The summed E-state index contributed by atoms with van der Waals surface area (Å²) in [6.45, 7) is 4.64. The number of carbonyl (C=O) groups excluding carboxylic acids is 1. The molecule has 1 saturated heterocycles. The van der Waals surface area contributed by atoms with E-state index in [0.29, 0.717) is 5.76 Å². The summed E-state index contributed by atoms with van der Waals surface area (Å²) in [5.41, 5.74) is 6.85. The van der Waals surface area contributed by atoms with Crippen molar-refractivity contribution in [1.82, 2.24) is 4.90 Å². The monoisotopic (exact) mass is 272 g/mol. The van der Waals surface area contributed by atoms with Gasteiger partial charge in [-0.15, -0.1) is 12.4 Å². The van der Waals surface area contributed by atoms with Crippen LogP contribution in [0.5, 0.6) is 0 Å². The number of nitrogens with two attached hydrogens (primary N) is 1. The van der Waals surface area contributed by atoms with Gasteiger partial charge in [0.2, 0.25) is 0 Å². The second-order valence-corrected chi connectivity index (χ2v) is 4.85. The van der Waals surface area contributed by atoms with Crippen LogP contribution >= 0.6 is 12.4 Å². The predicted octanol–water partition coefficient (Wildman–Crippen LogP) is 2.35. The van der Waals surface area contributed by atoms with Gasteiger partial charge in [0.05, 0.1) is 6.26 Å². The Morgan fingerprint density at radius 3 is 2.83 bits per heavy atom. The van der Waals surface area contributed by atoms with Crippen molar-refractivity contribution in [3.63, 3.8) is 0 Å². The van der Waals surface area contributed by atoms with Crippen LogP contribution in [0.1, 0.15) is 42.3 Å². The highest BCUT2D eigenvalue weighted by molar-refractivity contribution is 5.93. The molecule has 0 spiro atoms. The first-order valence-corrected chi connectivity index (χ1v) is 6.22. The average Bonchev–Trinajstić information content (AvgIpc) is 2.74. The molecular weight excluding hydrogens is 252 g/mol. The number of nitrogens with zero attached hydrogens (tertiary/aromatic N) is 1. The van der Waals surface area contributed by atoms with Gasteiger partial charge in [0, 0.05) is 24.2 Å². The van der Waals surface area contributed by atoms with Gasteiger partial charge in [-0.3, -0.25) is 4.79 Å². The molecule has 0 saturated carbocycles.